The zero-order valence-corrected chi connectivity index (χ0v) is 19.6. The van der Waals surface area contributed by atoms with Crippen LogP contribution in [-0.2, 0) is 16.1 Å². The van der Waals surface area contributed by atoms with Crippen LogP contribution in [0.2, 0.25) is 0 Å². The highest BCUT2D eigenvalue weighted by Crippen LogP contribution is 2.39. The molecule has 2 aliphatic carbocycles. The molecule has 1 aliphatic heterocycles. The van der Waals surface area contributed by atoms with Crippen molar-refractivity contribution >= 4 is 23.5 Å². The van der Waals surface area contributed by atoms with E-state index in [4.69, 9.17) is 4.74 Å². The van der Waals surface area contributed by atoms with E-state index in [1.807, 2.05) is 18.7 Å². The van der Waals surface area contributed by atoms with Gasteiger partial charge in [-0.2, -0.15) is 9.61 Å². The molecule has 182 valence electrons. The Kier molecular flexibility index (Phi) is 5.71. The number of nitrogens with zero attached hydrogens (tertiary/aromatic N) is 4. The Morgan fingerprint density at radius 3 is 2.76 bits per heavy atom. The standard InChI is InChI=1S/C24H31N5O5/c1-15(2)13-27-21-16(4-7-18(30)28-10-11-34-14-24(28)8-3-9-24)12-25-29(21)23(33)19(22(27)32)20(31)26-17-5-6-17/h4,7,12,15,17,32H,3,5-6,8-11,13-14H2,1-2H3,(H,26,31)/b7-4+. The first kappa shape index (κ1) is 22.6. The normalized spacial score (nSPS) is 19.8. The molecule has 0 radical (unpaired) electrons. The molecule has 0 aromatic carbocycles. The monoisotopic (exact) mass is 469 g/mol. The van der Waals surface area contributed by atoms with Crippen molar-refractivity contribution in [2.24, 2.45) is 5.92 Å². The van der Waals surface area contributed by atoms with Gasteiger partial charge in [0.2, 0.25) is 11.8 Å². The first-order valence-electron chi connectivity index (χ1n) is 12.0. The molecule has 5 rings (SSSR count). The zero-order chi connectivity index (χ0) is 24.0. The fourth-order valence-corrected chi connectivity index (χ4v) is 4.88. The second-order valence-electron chi connectivity index (χ2n) is 10.0. The van der Waals surface area contributed by atoms with Gasteiger partial charge in [-0.15, -0.1) is 0 Å². The molecule has 1 spiro atoms. The lowest BCUT2D eigenvalue weighted by molar-refractivity contribution is -0.153. The van der Waals surface area contributed by atoms with Gasteiger partial charge in [0, 0.05) is 30.8 Å². The SMILES string of the molecule is CC(C)Cn1c(O)c(C(=O)NC2CC2)c(=O)n2ncc(/C=C/C(=O)N3CCOCC34CCC4)c12. The van der Waals surface area contributed by atoms with Crippen LogP contribution in [0.3, 0.4) is 0 Å². The Morgan fingerprint density at radius 1 is 1.35 bits per heavy atom. The molecule has 0 bridgehead atoms. The summed E-state index contributed by atoms with van der Waals surface area (Å²) < 4.78 is 8.29. The molecule has 2 aromatic heterocycles. The van der Waals surface area contributed by atoms with E-state index in [2.05, 4.69) is 10.4 Å². The minimum absolute atomic E-state index is 0.0434. The number of amides is 2. The minimum Gasteiger partial charge on any atom is -0.494 e. The predicted molar refractivity (Wildman–Crippen MR) is 125 cm³/mol. The van der Waals surface area contributed by atoms with Gasteiger partial charge < -0.3 is 20.1 Å². The topological polar surface area (TPSA) is 118 Å². The van der Waals surface area contributed by atoms with Gasteiger partial charge in [-0.25, -0.2) is 0 Å². The van der Waals surface area contributed by atoms with Crippen LogP contribution in [0.15, 0.2) is 17.1 Å². The van der Waals surface area contributed by atoms with Crippen LogP contribution in [0, 0.1) is 5.92 Å². The van der Waals surface area contributed by atoms with Crippen molar-refractivity contribution in [3.05, 3.63) is 33.8 Å². The quantitative estimate of drug-likeness (QED) is 0.620. The summed E-state index contributed by atoms with van der Waals surface area (Å²) in [6.07, 6.45) is 9.31. The second kappa shape index (κ2) is 8.57. The zero-order valence-electron chi connectivity index (χ0n) is 19.6. The molecule has 0 unspecified atom stereocenters. The molecule has 1 saturated heterocycles. The van der Waals surface area contributed by atoms with Crippen LogP contribution in [-0.4, -0.2) is 67.3 Å². The lowest BCUT2D eigenvalue weighted by Gasteiger charge is -2.52. The number of hydrogen-bond donors (Lipinski definition) is 2. The molecule has 10 nitrogen and oxygen atoms in total. The molecule has 2 amide bonds. The third kappa shape index (κ3) is 3.89. The summed E-state index contributed by atoms with van der Waals surface area (Å²) in [5.74, 6) is -0.959. The number of carbonyl (C=O) groups is 2. The summed E-state index contributed by atoms with van der Waals surface area (Å²) in [5.41, 5.74) is -0.328. The Balaban J connectivity index is 1.52. The first-order chi connectivity index (χ1) is 16.3. The maximum Gasteiger partial charge on any atom is 0.291 e. The largest absolute Gasteiger partial charge is 0.494 e. The van der Waals surface area contributed by atoms with E-state index >= 15 is 0 Å². The van der Waals surface area contributed by atoms with Gasteiger partial charge in [0.05, 0.1) is 24.9 Å². The average molecular weight is 470 g/mol. The molecule has 2 saturated carbocycles. The molecule has 2 aromatic rings. The van der Waals surface area contributed by atoms with Crippen molar-refractivity contribution in [3.63, 3.8) is 0 Å². The van der Waals surface area contributed by atoms with Gasteiger partial charge in [0.25, 0.3) is 11.5 Å². The Morgan fingerprint density at radius 2 is 2.12 bits per heavy atom. The lowest BCUT2D eigenvalue weighted by Crippen LogP contribution is -2.62. The van der Waals surface area contributed by atoms with Gasteiger partial charge in [0.15, 0.2) is 5.56 Å². The van der Waals surface area contributed by atoms with Crippen LogP contribution in [0.25, 0.3) is 11.7 Å². The van der Waals surface area contributed by atoms with Gasteiger partial charge in [-0.3, -0.25) is 19.0 Å². The number of aromatic hydroxyl groups is 1. The number of nitrogens with one attached hydrogen (secondary N) is 1. The molecule has 0 atom stereocenters. The third-order valence-electron chi connectivity index (χ3n) is 6.96. The van der Waals surface area contributed by atoms with E-state index < -0.39 is 11.5 Å². The molecule has 3 heterocycles. The van der Waals surface area contributed by atoms with Crippen LogP contribution < -0.4 is 10.9 Å². The predicted octanol–water partition coefficient (Wildman–Crippen LogP) is 1.54. The maximum atomic E-state index is 13.1. The van der Waals surface area contributed by atoms with E-state index in [1.165, 1.54) is 16.8 Å². The van der Waals surface area contributed by atoms with Crippen LogP contribution in [0.4, 0.5) is 0 Å². The fourth-order valence-electron chi connectivity index (χ4n) is 4.88. The van der Waals surface area contributed by atoms with E-state index in [1.54, 1.807) is 6.08 Å². The molecular weight excluding hydrogens is 438 g/mol. The Hall–Kier alpha value is -3.14. The molecule has 3 fully saturated rings. The second-order valence-corrected chi connectivity index (χ2v) is 10.0. The van der Waals surface area contributed by atoms with Crippen molar-refractivity contribution in [1.82, 2.24) is 24.4 Å². The van der Waals surface area contributed by atoms with Crippen LogP contribution >= 0.6 is 0 Å². The lowest BCUT2D eigenvalue weighted by atomic mass is 9.75. The summed E-state index contributed by atoms with van der Waals surface area (Å²) in [4.78, 5) is 40.8. The number of fused-ring (bicyclic) bond motifs is 1. The number of aromatic nitrogens is 3. The third-order valence-corrected chi connectivity index (χ3v) is 6.96. The van der Waals surface area contributed by atoms with Gasteiger partial charge in [-0.05, 0) is 44.1 Å². The summed E-state index contributed by atoms with van der Waals surface area (Å²) in [6.45, 7) is 5.96. The molecule has 10 heteroatoms. The highest BCUT2D eigenvalue weighted by molar-refractivity contribution is 5.97. The summed E-state index contributed by atoms with van der Waals surface area (Å²) in [5, 5.41) is 18.0. The molecule has 2 N–H and O–H groups in total. The average Bonchev–Trinajstić information content (AvgIpc) is 3.49. The highest BCUT2D eigenvalue weighted by Gasteiger charge is 2.46. The molecule has 34 heavy (non-hydrogen) atoms. The van der Waals surface area contributed by atoms with E-state index in [-0.39, 0.29) is 34.8 Å². The molecule has 3 aliphatic rings. The fraction of sp³-hybridized carbons (Fsp3) is 0.583. The van der Waals surface area contributed by atoms with E-state index in [0.29, 0.717) is 37.5 Å². The minimum atomic E-state index is -0.682. The van der Waals surface area contributed by atoms with Crippen molar-refractivity contribution in [1.29, 1.82) is 0 Å². The van der Waals surface area contributed by atoms with Crippen molar-refractivity contribution in [2.45, 2.75) is 64.1 Å². The summed E-state index contributed by atoms with van der Waals surface area (Å²) in [6, 6.07) is 0.0434. The van der Waals surface area contributed by atoms with E-state index in [9.17, 15) is 19.5 Å². The van der Waals surface area contributed by atoms with Gasteiger partial charge in [0.1, 0.15) is 5.65 Å². The summed E-state index contributed by atoms with van der Waals surface area (Å²) in [7, 11) is 0. The number of morpholine rings is 1. The van der Waals surface area contributed by atoms with Crippen molar-refractivity contribution < 1.29 is 19.4 Å². The Labute approximate surface area is 197 Å². The highest BCUT2D eigenvalue weighted by atomic mass is 16.5. The number of ether oxygens (including phenoxy) is 1. The van der Waals surface area contributed by atoms with Gasteiger partial charge in [-0.1, -0.05) is 13.8 Å². The first-order valence-corrected chi connectivity index (χ1v) is 12.0. The molecular formula is C24H31N5O5. The van der Waals surface area contributed by atoms with Gasteiger partial charge >= 0.3 is 0 Å². The number of carbonyl (C=O) groups excluding carboxylic acids is 2. The number of rotatable bonds is 6. The van der Waals surface area contributed by atoms with Crippen molar-refractivity contribution in [3.8, 4) is 5.88 Å². The summed E-state index contributed by atoms with van der Waals surface area (Å²) >= 11 is 0. The number of hydrogen-bond acceptors (Lipinski definition) is 6. The smallest absolute Gasteiger partial charge is 0.291 e. The van der Waals surface area contributed by atoms with Crippen LogP contribution in [0.1, 0.15) is 61.9 Å². The van der Waals surface area contributed by atoms with Crippen LogP contribution in [0.5, 0.6) is 5.88 Å². The van der Waals surface area contributed by atoms with E-state index in [0.717, 1.165) is 36.6 Å². The Bertz CT molecular complexity index is 1220. The maximum absolute atomic E-state index is 13.1. The van der Waals surface area contributed by atoms with Crippen molar-refractivity contribution in [2.75, 3.05) is 19.8 Å².